The third-order valence-corrected chi connectivity index (χ3v) is 5.14. The van der Waals surface area contributed by atoms with Crippen molar-refractivity contribution in [1.29, 1.82) is 0 Å². The van der Waals surface area contributed by atoms with Crippen LogP contribution in [0.3, 0.4) is 0 Å². The van der Waals surface area contributed by atoms with Crippen molar-refractivity contribution in [2.45, 2.75) is 0 Å². The molecule has 1 N–H and O–H groups in total. The summed E-state index contributed by atoms with van der Waals surface area (Å²) in [5, 5.41) is 14.9. The molecule has 0 amide bonds. The molecule has 0 radical (unpaired) electrons. The van der Waals surface area contributed by atoms with Gasteiger partial charge in [-0.05, 0) is 56.6 Å². The Labute approximate surface area is 158 Å². The predicted molar refractivity (Wildman–Crippen MR) is 114 cm³/mol. The van der Waals surface area contributed by atoms with E-state index in [1.54, 1.807) is 0 Å². The van der Waals surface area contributed by atoms with Gasteiger partial charge in [0, 0.05) is 5.39 Å². The van der Waals surface area contributed by atoms with Gasteiger partial charge in [-0.2, -0.15) is 0 Å². The zero-order valence-electron chi connectivity index (χ0n) is 14.8. The highest BCUT2D eigenvalue weighted by atomic mass is 16.3. The second-order valence-electron chi connectivity index (χ2n) is 6.82. The van der Waals surface area contributed by atoms with Crippen molar-refractivity contribution >= 4 is 21.5 Å². The van der Waals surface area contributed by atoms with Crippen LogP contribution in [-0.2, 0) is 0 Å². The number of rotatable bonds is 2. The number of phenols is 1. The average Bonchev–Trinajstić information content (AvgIpc) is 2.74. The van der Waals surface area contributed by atoms with Gasteiger partial charge >= 0.3 is 0 Å². The molecule has 1 nitrogen and oxygen atoms in total. The lowest BCUT2D eigenvalue weighted by molar-refractivity contribution is 0.482. The molecule has 5 aromatic carbocycles. The maximum Gasteiger partial charge on any atom is 0.124 e. The van der Waals surface area contributed by atoms with Crippen molar-refractivity contribution < 1.29 is 5.11 Å². The Kier molecular flexibility index (Phi) is 3.65. The molecule has 5 aromatic rings. The van der Waals surface area contributed by atoms with E-state index in [0.29, 0.717) is 5.75 Å². The number of phenolic OH excluding ortho intramolecular Hbond substituents is 1. The highest BCUT2D eigenvalue weighted by molar-refractivity contribution is 6.12. The van der Waals surface area contributed by atoms with E-state index < -0.39 is 0 Å². The maximum atomic E-state index is 10.7. The van der Waals surface area contributed by atoms with Crippen LogP contribution in [-0.4, -0.2) is 5.11 Å². The monoisotopic (exact) mass is 346 g/mol. The number of hydrogen-bond donors (Lipinski definition) is 1. The van der Waals surface area contributed by atoms with Gasteiger partial charge < -0.3 is 5.11 Å². The molecule has 0 unspecified atom stereocenters. The van der Waals surface area contributed by atoms with Crippen LogP contribution >= 0.6 is 0 Å². The van der Waals surface area contributed by atoms with Gasteiger partial charge in [-0.3, -0.25) is 0 Å². The summed E-state index contributed by atoms with van der Waals surface area (Å²) in [7, 11) is 0. The summed E-state index contributed by atoms with van der Waals surface area (Å²) in [6.45, 7) is 0. The SMILES string of the molecule is Oc1cc2cc(-c3ccccc3)ccc2c2ccc(-c3ccccc3)cc12. The van der Waals surface area contributed by atoms with Gasteiger partial charge in [0.15, 0.2) is 0 Å². The second-order valence-corrected chi connectivity index (χ2v) is 6.82. The van der Waals surface area contributed by atoms with Gasteiger partial charge in [-0.25, -0.2) is 0 Å². The van der Waals surface area contributed by atoms with Gasteiger partial charge in [-0.15, -0.1) is 0 Å². The minimum atomic E-state index is 0.320. The van der Waals surface area contributed by atoms with E-state index in [1.807, 2.05) is 42.5 Å². The van der Waals surface area contributed by atoms with Crippen molar-refractivity contribution in [3.63, 3.8) is 0 Å². The van der Waals surface area contributed by atoms with Crippen molar-refractivity contribution in [2.24, 2.45) is 0 Å². The Balaban J connectivity index is 1.71. The smallest absolute Gasteiger partial charge is 0.124 e. The van der Waals surface area contributed by atoms with Gasteiger partial charge in [0.1, 0.15) is 5.75 Å². The minimum absolute atomic E-state index is 0.320. The Morgan fingerprint density at radius 3 is 1.59 bits per heavy atom. The van der Waals surface area contributed by atoms with E-state index in [0.717, 1.165) is 38.2 Å². The summed E-state index contributed by atoms with van der Waals surface area (Å²) in [5.74, 6) is 0.320. The van der Waals surface area contributed by atoms with Crippen molar-refractivity contribution in [1.82, 2.24) is 0 Å². The highest BCUT2D eigenvalue weighted by Crippen LogP contribution is 2.37. The fraction of sp³-hybridized carbons (Fsp3) is 0. The van der Waals surface area contributed by atoms with Crippen LogP contribution in [0.5, 0.6) is 5.75 Å². The van der Waals surface area contributed by atoms with E-state index in [2.05, 4.69) is 60.7 Å². The van der Waals surface area contributed by atoms with Crippen LogP contribution in [0.2, 0.25) is 0 Å². The summed E-state index contributed by atoms with van der Waals surface area (Å²) < 4.78 is 0. The molecule has 0 saturated heterocycles. The fourth-order valence-corrected chi connectivity index (χ4v) is 3.76. The van der Waals surface area contributed by atoms with Crippen LogP contribution in [0.4, 0.5) is 0 Å². The van der Waals surface area contributed by atoms with Crippen LogP contribution in [0.25, 0.3) is 43.8 Å². The molecule has 0 bridgehead atoms. The predicted octanol–water partition coefficient (Wildman–Crippen LogP) is 7.03. The molecule has 0 atom stereocenters. The largest absolute Gasteiger partial charge is 0.507 e. The first-order valence-electron chi connectivity index (χ1n) is 9.10. The molecule has 0 aromatic heterocycles. The first-order chi connectivity index (χ1) is 13.3. The summed E-state index contributed by atoms with van der Waals surface area (Å²) in [6, 6.07) is 35.2. The summed E-state index contributed by atoms with van der Waals surface area (Å²) >= 11 is 0. The molecular weight excluding hydrogens is 328 g/mol. The molecule has 27 heavy (non-hydrogen) atoms. The number of aromatic hydroxyl groups is 1. The lowest BCUT2D eigenvalue weighted by atomic mass is 9.94. The fourth-order valence-electron chi connectivity index (χ4n) is 3.76. The normalized spacial score (nSPS) is 11.1. The molecule has 0 spiro atoms. The molecule has 0 aliphatic heterocycles. The summed E-state index contributed by atoms with van der Waals surface area (Å²) in [5.41, 5.74) is 4.60. The molecule has 1 heteroatoms. The van der Waals surface area contributed by atoms with Gasteiger partial charge in [0.25, 0.3) is 0 Å². The minimum Gasteiger partial charge on any atom is -0.507 e. The van der Waals surface area contributed by atoms with Crippen molar-refractivity contribution in [2.75, 3.05) is 0 Å². The number of benzene rings is 5. The third kappa shape index (κ3) is 2.74. The lowest BCUT2D eigenvalue weighted by Gasteiger charge is -2.11. The Hall–Kier alpha value is -3.58. The quantitative estimate of drug-likeness (QED) is 0.340. The molecule has 5 rings (SSSR count). The Morgan fingerprint density at radius 2 is 0.963 bits per heavy atom. The van der Waals surface area contributed by atoms with Crippen LogP contribution in [0.15, 0.2) is 103 Å². The van der Waals surface area contributed by atoms with Crippen LogP contribution < -0.4 is 0 Å². The molecule has 0 aliphatic rings. The zero-order chi connectivity index (χ0) is 18.2. The van der Waals surface area contributed by atoms with Crippen molar-refractivity contribution in [3.05, 3.63) is 103 Å². The van der Waals surface area contributed by atoms with Crippen LogP contribution in [0.1, 0.15) is 0 Å². The van der Waals surface area contributed by atoms with E-state index in [9.17, 15) is 5.11 Å². The second kappa shape index (κ2) is 6.30. The average molecular weight is 346 g/mol. The van der Waals surface area contributed by atoms with Crippen LogP contribution in [0, 0.1) is 0 Å². The van der Waals surface area contributed by atoms with Crippen molar-refractivity contribution in [3.8, 4) is 28.0 Å². The van der Waals surface area contributed by atoms with Gasteiger partial charge in [0.05, 0.1) is 0 Å². The first kappa shape index (κ1) is 15.7. The molecule has 0 aliphatic carbocycles. The molecule has 0 fully saturated rings. The Bertz CT molecular complexity index is 1260. The highest BCUT2D eigenvalue weighted by Gasteiger charge is 2.09. The van der Waals surface area contributed by atoms with E-state index >= 15 is 0 Å². The molecule has 0 saturated carbocycles. The topological polar surface area (TPSA) is 20.2 Å². The molecular formula is C26H18O. The van der Waals surface area contributed by atoms with Gasteiger partial charge in [-0.1, -0.05) is 84.9 Å². The van der Waals surface area contributed by atoms with Gasteiger partial charge in [0.2, 0.25) is 0 Å². The van der Waals surface area contributed by atoms with E-state index in [1.165, 1.54) is 5.56 Å². The standard InChI is InChI=1S/C26H18O/c27-26-17-22-15-20(18-7-3-1-4-8-18)11-13-23(22)24-14-12-21(16-25(24)26)19-9-5-2-6-10-19/h1-17,27H. The third-order valence-electron chi connectivity index (χ3n) is 5.14. The molecule has 0 heterocycles. The Morgan fingerprint density at radius 1 is 0.407 bits per heavy atom. The van der Waals surface area contributed by atoms with E-state index in [4.69, 9.17) is 0 Å². The first-order valence-corrected chi connectivity index (χ1v) is 9.10. The maximum absolute atomic E-state index is 10.7. The summed E-state index contributed by atoms with van der Waals surface area (Å²) in [6.07, 6.45) is 0. The number of fused-ring (bicyclic) bond motifs is 3. The number of hydrogen-bond acceptors (Lipinski definition) is 1. The summed E-state index contributed by atoms with van der Waals surface area (Å²) in [4.78, 5) is 0. The van der Waals surface area contributed by atoms with E-state index in [-0.39, 0.29) is 0 Å². The molecule has 128 valence electrons. The lowest BCUT2D eigenvalue weighted by Crippen LogP contribution is -1.84. The zero-order valence-corrected chi connectivity index (χ0v) is 14.8.